The lowest BCUT2D eigenvalue weighted by Gasteiger charge is -2.04. The highest BCUT2D eigenvalue weighted by Gasteiger charge is 2.11. The molecule has 1 heterocycles. The van der Waals surface area contributed by atoms with Crippen molar-refractivity contribution >= 4 is 11.7 Å². The van der Waals surface area contributed by atoms with Gasteiger partial charge in [0.1, 0.15) is 0 Å². The lowest BCUT2D eigenvalue weighted by atomic mass is 10.2. The molecule has 0 aliphatic heterocycles. The van der Waals surface area contributed by atoms with Crippen LogP contribution in [0.3, 0.4) is 0 Å². The van der Waals surface area contributed by atoms with E-state index in [9.17, 15) is 20.0 Å². The Morgan fingerprint density at radius 1 is 1.33 bits per heavy atom. The van der Waals surface area contributed by atoms with Gasteiger partial charge in [-0.1, -0.05) is 0 Å². The third-order valence-corrected chi connectivity index (χ3v) is 2.15. The summed E-state index contributed by atoms with van der Waals surface area (Å²) in [4.78, 5) is 20.4. The van der Waals surface area contributed by atoms with Gasteiger partial charge in [-0.2, -0.15) is 0 Å². The molecule has 0 spiro atoms. The van der Waals surface area contributed by atoms with Gasteiger partial charge >= 0.3 is 0 Å². The van der Waals surface area contributed by atoms with Gasteiger partial charge < -0.3 is 9.90 Å². The van der Waals surface area contributed by atoms with Crippen LogP contribution in [0.2, 0.25) is 0 Å². The van der Waals surface area contributed by atoms with Crippen molar-refractivity contribution in [1.29, 1.82) is 0 Å². The molecule has 2 rings (SSSR count). The Kier molecular flexibility index (Phi) is 2.96. The van der Waals surface area contributed by atoms with Crippen molar-refractivity contribution in [1.82, 2.24) is 20.2 Å². The van der Waals surface area contributed by atoms with Gasteiger partial charge in [0.2, 0.25) is 0 Å². The van der Waals surface area contributed by atoms with E-state index in [0.717, 1.165) is 4.68 Å². The molecule has 0 unspecified atom stereocenters. The maximum Gasteiger partial charge on any atom is 0.269 e. The van der Waals surface area contributed by atoms with Gasteiger partial charge in [0.25, 0.3) is 5.69 Å². The number of carbonyl (C=O) groups is 1. The number of hydrogen-bond donors (Lipinski definition) is 0. The number of carbonyl (C=O) groups excluding carboxylic acids is 1. The molecule has 0 saturated heterocycles. The van der Waals surface area contributed by atoms with E-state index in [2.05, 4.69) is 15.5 Å². The molecule has 0 saturated carbocycles. The molecule has 18 heavy (non-hydrogen) atoms. The Hall–Kier alpha value is -2.84. The molecule has 2 aromatic rings. The summed E-state index contributed by atoms with van der Waals surface area (Å²) in [7, 11) is 0. The molecule has 0 amide bonds. The highest BCUT2D eigenvalue weighted by molar-refractivity contribution is 5.65. The molecular weight excluding hydrogens is 242 g/mol. The topological polar surface area (TPSA) is 127 Å². The average Bonchev–Trinajstić information content (AvgIpc) is 2.76. The minimum atomic E-state index is -1.33. The van der Waals surface area contributed by atoms with Crippen LogP contribution in [0, 0.1) is 10.1 Å². The van der Waals surface area contributed by atoms with Crippen molar-refractivity contribution < 1.29 is 14.8 Å². The third-order valence-electron chi connectivity index (χ3n) is 2.15. The summed E-state index contributed by atoms with van der Waals surface area (Å²) in [5.41, 5.74) is 0.407. The van der Waals surface area contributed by atoms with Gasteiger partial charge in [-0.25, -0.2) is 4.68 Å². The van der Waals surface area contributed by atoms with Crippen LogP contribution in [-0.2, 0) is 11.3 Å². The first-order valence-electron chi connectivity index (χ1n) is 4.79. The van der Waals surface area contributed by atoms with Crippen LogP contribution >= 0.6 is 0 Å². The Morgan fingerprint density at radius 3 is 2.56 bits per heavy atom. The minimum absolute atomic E-state index is 0.0716. The quantitative estimate of drug-likeness (QED) is 0.501. The van der Waals surface area contributed by atoms with Crippen LogP contribution in [-0.4, -0.2) is 31.1 Å². The number of nitro benzene ring substituents is 1. The smallest absolute Gasteiger partial charge is 0.269 e. The van der Waals surface area contributed by atoms with Gasteiger partial charge in [0, 0.05) is 17.7 Å². The average molecular weight is 248 g/mol. The maximum absolute atomic E-state index is 10.5. The number of non-ortho nitro benzene ring substituents is 1. The summed E-state index contributed by atoms with van der Waals surface area (Å²) in [5, 5.41) is 31.5. The van der Waals surface area contributed by atoms with Crippen LogP contribution < -0.4 is 5.11 Å². The number of benzene rings is 1. The molecule has 0 fully saturated rings. The second-order valence-electron chi connectivity index (χ2n) is 3.34. The van der Waals surface area contributed by atoms with E-state index in [1.165, 1.54) is 24.3 Å². The van der Waals surface area contributed by atoms with E-state index >= 15 is 0 Å². The molecule has 0 radical (unpaired) electrons. The van der Waals surface area contributed by atoms with Crippen molar-refractivity contribution in [2.24, 2.45) is 0 Å². The molecular formula is C9H6N5O4-. The fourth-order valence-electron chi connectivity index (χ4n) is 1.37. The van der Waals surface area contributed by atoms with Crippen LogP contribution in [0.4, 0.5) is 5.69 Å². The number of tetrazole rings is 1. The Bertz CT molecular complexity index is 591. The molecule has 9 heteroatoms. The van der Waals surface area contributed by atoms with Gasteiger partial charge in [-0.3, -0.25) is 10.1 Å². The number of aromatic nitrogens is 4. The molecule has 0 aliphatic rings. The van der Waals surface area contributed by atoms with E-state index in [-0.39, 0.29) is 11.5 Å². The largest absolute Gasteiger partial charge is 0.548 e. The normalized spacial score (nSPS) is 10.2. The highest BCUT2D eigenvalue weighted by atomic mass is 16.6. The molecule has 1 aromatic heterocycles. The lowest BCUT2D eigenvalue weighted by molar-refractivity contribution is -0.384. The molecule has 0 aliphatic carbocycles. The van der Waals surface area contributed by atoms with E-state index in [1.54, 1.807) is 0 Å². The number of nitrogens with zero attached hydrogens (tertiary/aromatic N) is 5. The van der Waals surface area contributed by atoms with E-state index in [1.807, 2.05) is 0 Å². The van der Waals surface area contributed by atoms with Gasteiger partial charge in [0.05, 0.1) is 17.4 Å². The van der Waals surface area contributed by atoms with E-state index in [4.69, 9.17) is 0 Å². The molecule has 0 N–H and O–H groups in total. The zero-order chi connectivity index (χ0) is 13.1. The molecule has 1 aromatic carbocycles. The summed E-state index contributed by atoms with van der Waals surface area (Å²) < 4.78 is 1.04. The van der Waals surface area contributed by atoms with Crippen molar-refractivity contribution in [2.45, 2.75) is 6.54 Å². The molecule has 0 atom stereocenters. The van der Waals surface area contributed by atoms with Crippen molar-refractivity contribution in [3.63, 3.8) is 0 Å². The van der Waals surface area contributed by atoms with Crippen LogP contribution in [0.1, 0.15) is 0 Å². The highest BCUT2D eigenvalue weighted by Crippen LogP contribution is 2.19. The Morgan fingerprint density at radius 2 is 2.00 bits per heavy atom. The molecule has 9 nitrogen and oxygen atoms in total. The standard InChI is InChI=1S/C9H7N5O4/c15-8(16)5-13-9(10-11-12-13)6-1-3-7(4-2-6)14(17)18/h1-4H,5H2,(H,15,16)/p-1. The first-order chi connectivity index (χ1) is 8.58. The summed E-state index contributed by atoms with van der Waals surface area (Å²) in [6.45, 7) is -0.487. The lowest BCUT2D eigenvalue weighted by Crippen LogP contribution is -2.28. The fraction of sp³-hybridized carbons (Fsp3) is 0.111. The first-order valence-corrected chi connectivity index (χ1v) is 4.79. The summed E-state index contributed by atoms with van der Waals surface area (Å²) in [5.74, 6) is -1.13. The van der Waals surface area contributed by atoms with Crippen LogP contribution in [0.5, 0.6) is 0 Å². The number of nitro groups is 1. The van der Waals surface area contributed by atoms with Gasteiger partial charge in [0.15, 0.2) is 5.82 Å². The van der Waals surface area contributed by atoms with Crippen LogP contribution in [0.15, 0.2) is 24.3 Å². The fourth-order valence-corrected chi connectivity index (χ4v) is 1.37. The number of rotatable bonds is 4. The van der Waals surface area contributed by atoms with E-state index < -0.39 is 17.4 Å². The van der Waals surface area contributed by atoms with Crippen molar-refractivity contribution in [3.8, 4) is 11.4 Å². The van der Waals surface area contributed by atoms with Crippen LogP contribution in [0.25, 0.3) is 11.4 Å². The monoisotopic (exact) mass is 248 g/mol. The molecule has 0 bridgehead atoms. The van der Waals surface area contributed by atoms with Crippen molar-refractivity contribution in [2.75, 3.05) is 0 Å². The zero-order valence-corrected chi connectivity index (χ0v) is 8.89. The summed E-state index contributed by atoms with van der Waals surface area (Å²) >= 11 is 0. The van der Waals surface area contributed by atoms with E-state index in [0.29, 0.717) is 5.56 Å². The number of carboxylic acids is 1. The zero-order valence-electron chi connectivity index (χ0n) is 8.89. The number of carboxylic acid groups (broad SMARTS) is 1. The maximum atomic E-state index is 10.5. The second-order valence-corrected chi connectivity index (χ2v) is 3.34. The third kappa shape index (κ3) is 2.29. The SMILES string of the molecule is O=C([O-])Cn1nnnc1-c1ccc([N+](=O)[O-])cc1. The van der Waals surface area contributed by atoms with Crippen molar-refractivity contribution in [3.05, 3.63) is 34.4 Å². The predicted molar refractivity (Wildman–Crippen MR) is 54.9 cm³/mol. The minimum Gasteiger partial charge on any atom is -0.548 e. The molecule has 92 valence electrons. The number of aliphatic carboxylic acids is 1. The number of hydrogen-bond acceptors (Lipinski definition) is 7. The Labute approximate surface area is 99.8 Å². The Balaban J connectivity index is 2.34. The summed E-state index contributed by atoms with van der Waals surface area (Å²) in [6, 6.07) is 5.45. The van der Waals surface area contributed by atoms with Gasteiger partial charge in [-0.05, 0) is 22.6 Å². The first kappa shape index (κ1) is 11.6. The summed E-state index contributed by atoms with van der Waals surface area (Å²) in [6.07, 6.45) is 0. The predicted octanol–water partition coefficient (Wildman–Crippen LogP) is -1.00. The second kappa shape index (κ2) is 4.57. The van der Waals surface area contributed by atoms with Gasteiger partial charge in [-0.15, -0.1) is 5.10 Å².